The van der Waals surface area contributed by atoms with Crippen LogP contribution in [0.2, 0.25) is 0 Å². The first-order valence-electron chi connectivity index (χ1n) is 9.18. The molecule has 0 bridgehead atoms. The van der Waals surface area contributed by atoms with Crippen molar-refractivity contribution in [2.75, 3.05) is 37.3 Å². The first kappa shape index (κ1) is 19.4. The number of piperidine rings is 1. The number of hydrogen-bond donors (Lipinski definition) is 2. The second-order valence-electron chi connectivity index (χ2n) is 7.07. The zero-order chi connectivity index (χ0) is 19.4. The Balaban J connectivity index is 1.55. The van der Waals surface area contributed by atoms with Crippen LogP contribution in [-0.2, 0) is 5.92 Å². The summed E-state index contributed by atoms with van der Waals surface area (Å²) < 4.78 is 29.0. The summed E-state index contributed by atoms with van der Waals surface area (Å²) in [7, 11) is 1.82. The summed E-state index contributed by atoms with van der Waals surface area (Å²) in [6.07, 6.45) is 4.58. The Morgan fingerprint density at radius 3 is 2.44 bits per heavy atom. The van der Waals surface area contributed by atoms with Crippen molar-refractivity contribution < 1.29 is 8.78 Å². The predicted octanol–water partition coefficient (Wildman–Crippen LogP) is 3.20. The van der Waals surface area contributed by atoms with Crippen LogP contribution in [0.5, 0.6) is 0 Å². The lowest BCUT2D eigenvalue weighted by Gasteiger charge is -2.34. The molecule has 2 aromatic heterocycles. The molecule has 0 atom stereocenters. The maximum atomic E-state index is 14.5. The average molecular weight is 376 g/mol. The van der Waals surface area contributed by atoms with Gasteiger partial charge in [0.15, 0.2) is 0 Å². The molecule has 2 aromatic rings. The Kier molecular flexibility index (Phi) is 5.84. The number of nitrogens with zero attached hydrogens (tertiary/aromatic N) is 4. The molecule has 6 nitrogen and oxygen atoms in total. The largest absolute Gasteiger partial charge is 0.373 e. The number of likely N-dealkylation sites (tertiary alicyclic amines) is 1. The summed E-state index contributed by atoms with van der Waals surface area (Å²) in [6, 6.07) is 3.31. The van der Waals surface area contributed by atoms with Crippen LogP contribution in [0, 0.1) is 13.8 Å². The molecule has 0 aliphatic carbocycles. The second kappa shape index (κ2) is 8.12. The molecule has 0 spiro atoms. The van der Waals surface area contributed by atoms with Gasteiger partial charge in [-0.15, -0.1) is 0 Å². The van der Waals surface area contributed by atoms with Crippen LogP contribution in [0.25, 0.3) is 0 Å². The van der Waals surface area contributed by atoms with E-state index in [0.717, 1.165) is 35.6 Å². The topological polar surface area (TPSA) is 66.0 Å². The standard InChI is InChI=1S/C19H26F2N6/c1-13-4-5-16(23-10-13)19(20,21)11-27-8-6-15(7-9-27)26-18-14(2)17(22-3)24-12-25-18/h4-5,10,12,15H,6-9,11H2,1-3H3,(H2,22,24,25,26). The zero-order valence-electron chi connectivity index (χ0n) is 16.0. The number of nitrogens with one attached hydrogen (secondary N) is 2. The van der Waals surface area contributed by atoms with Gasteiger partial charge in [-0.1, -0.05) is 6.07 Å². The van der Waals surface area contributed by atoms with Crippen LogP contribution in [-0.4, -0.2) is 52.6 Å². The smallest absolute Gasteiger partial charge is 0.302 e. The minimum Gasteiger partial charge on any atom is -0.373 e. The van der Waals surface area contributed by atoms with E-state index in [4.69, 9.17) is 0 Å². The summed E-state index contributed by atoms with van der Waals surface area (Å²) in [5, 5.41) is 6.46. The van der Waals surface area contributed by atoms with Crippen molar-refractivity contribution in [3.8, 4) is 0 Å². The second-order valence-corrected chi connectivity index (χ2v) is 7.07. The van der Waals surface area contributed by atoms with Crippen molar-refractivity contribution in [1.82, 2.24) is 19.9 Å². The van der Waals surface area contributed by atoms with Gasteiger partial charge in [0.1, 0.15) is 23.7 Å². The molecule has 0 unspecified atom stereocenters. The van der Waals surface area contributed by atoms with E-state index in [2.05, 4.69) is 25.6 Å². The third-order valence-electron chi connectivity index (χ3n) is 4.96. The van der Waals surface area contributed by atoms with Gasteiger partial charge in [0.2, 0.25) is 0 Å². The van der Waals surface area contributed by atoms with Gasteiger partial charge in [0, 0.05) is 37.9 Å². The number of anilines is 2. The third kappa shape index (κ3) is 4.68. The molecule has 0 aromatic carbocycles. The van der Waals surface area contributed by atoms with Crippen LogP contribution < -0.4 is 10.6 Å². The van der Waals surface area contributed by atoms with E-state index in [1.54, 1.807) is 6.07 Å². The third-order valence-corrected chi connectivity index (χ3v) is 4.96. The molecule has 0 amide bonds. The Hall–Kier alpha value is -2.35. The lowest BCUT2D eigenvalue weighted by molar-refractivity contribution is -0.0457. The Labute approximate surface area is 158 Å². The number of aryl methyl sites for hydroxylation is 1. The lowest BCUT2D eigenvalue weighted by atomic mass is 10.0. The van der Waals surface area contributed by atoms with Crippen LogP contribution in [0.3, 0.4) is 0 Å². The highest BCUT2D eigenvalue weighted by Gasteiger charge is 2.36. The normalized spacial score (nSPS) is 16.3. The van der Waals surface area contributed by atoms with E-state index in [0.29, 0.717) is 13.1 Å². The number of halogens is 2. The van der Waals surface area contributed by atoms with Crippen LogP contribution >= 0.6 is 0 Å². The molecule has 146 valence electrons. The summed E-state index contributed by atoms with van der Waals surface area (Å²) in [4.78, 5) is 14.2. The van der Waals surface area contributed by atoms with E-state index < -0.39 is 5.92 Å². The first-order chi connectivity index (χ1) is 12.9. The van der Waals surface area contributed by atoms with Crippen molar-refractivity contribution in [1.29, 1.82) is 0 Å². The van der Waals surface area contributed by atoms with Crippen molar-refractivity contribution >= 4 is 11.6 Å². The summed E-state index contributed by atoms with van der Waals surface area (Å²) >= 11 is 0. The van der Waals surface area contributed by atoms with E-state index in [1.165, 1.54) is 18.6 Å². The average Bonchev–Trinajstić information content (AvgIpc) is 2.65. The monoisotopic (exact) mass is 376 g/mol. The highest BCUT2D eigenvalue weighted by molar-refractivity contribution is 5.56. The fraction of sp³-hybridized carbons (Fsp3) is 0.526. The van der Waals surface area contributed by atoms with E-state index in [9.17, 15) is 8.78 Å². The molecule has 3 rings (SSSR count). The van der Waals surface area contributed by atoms with Gasteiger partial charge >= 0.3 is 5.92 Å². The Bertz CT molecular complexity index is 757. The SMILES string of the molecule is CNc1ncnc(NC2CCN(CC(F)(F)c3ccc(C)cn3)CC2)c1C. The molecule has 1 fully saturated rings. The van der Waals surface area contributed by atoms with Gasteiger partial charge in [0.05, 0.1) is 6.54 Å². The molecular formula is C19H26F2N6. The lowest BCUT2D eigenvalue weighted by Crippen LogP contribution is -2.44. The number of rotatable bonds is 6. The fourth-order valence-electron chi connectivity index (χ4n) is 3.32. The number of hydrogen-bond acceptors (Lipinski definition) is 6. The quantitative estimate of drug-likeness (QED) is 0.807. The summed E-state index contributed by atoms with van der Waals surface area (Å²) in [6.45, 7) is 4.72. The molecular weight excluding hydrogens is 350 g/mol. The number of pyridine rings is 1. The van der Waals surface area contributed by atoms with E-state index in [1.807, 2.05) is 25.8 Å². The van der Waals surface area contributed by atoms with Gasteiger partial charge in [-0.05, 0) is 38.3 Å². The molecule has 27 heavy (non-hydrogen) atoms. The maximum Gasteiger partial charge on any atom is 0.302 e. The van der Waals surface area contributed by atoms with Crippen LogP contribution in [0.4, 0.5) is 20.4 Å². The molecule has 0 saturated carbocycles. The number of aromatic nitrogens is 3. The van der Waals surface area contributed by atoms with Gasteiger partial charge in [-0.2, -0.15) is 8.78 Å². The summed E-state index contributed by atoms with van der Waals surface area (Å²) in [5.41, 5.74) is 1.67. The molecule has 3 heterocycles. The van der Waals surface area contributed by atoms with Crippen LogP contribution in [0.15, 0.2) is 24.7 Å². The molecule has 1 aliphatic rings. The molecule has 0 radical (unpaired) electrons. The zero-order valence-corrected chi connectivity index (χ0v) is 16.0. The Morgan fingerprint density at radius 2 is 1.81 bits per heavy atom. The van der Waals surface area contributed by atoms with E-state index >= 15 is 0 Å². The van der Waals surface area contributed by atoms with Gasteiger partial charge in [-0.25, -0.2) is 9.97 Å². The molecule has 1 aliphatic heterocycles. The highest BCUT2D eigenvalue weighted by Crippen LogP contribution is 2.29. The predicted molar refractivity (Wildman–Crippen MR) is 102 cm³/mol. The number of alkyl halides is 2. The Morgan fingerprint density at radius 1 is 1.11 bits per heavy atom. The van der Waals surface area contributed by atoms with Gasteiger partial charge < -0.3 is 10.6 Å². The molecule has 1 saturated heterocycles. The van der Waals surface area contributed by atoms with Crippen molar-refractivity contribution in [3.05, 3.63) is 41.5 Å². The van der Waals surface area contributed by atoms with Crippen molar-refractivity contribution in [3.63, 3.8) is 0 Å². The highest BCUT2D eigenvalue weighted by atomic mass is 19.3. The van der Waals surface area contributed by atoms with Crippen molar-refractivity contribution in [2.24, 2.45) is 0 Å². The minimum absolute atomic E-state index is 0.162. The fourth-order valence-corrected chi connectivity index (χ4v) is 3.32. The van der Waals surface area contributed by atoms with E-state index in [-0.39, 0.29) is 18.3 Å². The van der Waals surface area contributed by atoms with Gasteiger partial charge in [0.25, 0.3) is 0 Å². The molecule has 2 N–H and O–H groups in total. The minimum atomic E-state index is -2.95. The van der Waals surface area contributed by atoms with Gasteiger partial charge in [-0.3, -0.25) is 9.88 Å². The maximum absolute atomic E-state index is 14.5. The summed E-state index contributed by atoms with van der Waals surface area (Å²) in [5.74, 6) is -1.36. The first-order valence-corrected chi connectivity index (χ1v) is 9.18. The van der Waals surface area contributed by atoms with Crippen molar-refractivity contribution in [2.45, 2.75) is 38.7 Å². The molecule has 8 heteroatoms. The van der Waals surface area contributed by atoms with Crippen LogP contribution in [0.1, 0.15) is 29.7 Å².